The summed E-state index contributed by atoms with van der Waals surface area (Å²) in [6, 6.07) is -3.01. The van der Waals surface area contributed by atoms with Crippen LogP contribution in [0.25, 0.3) is 0 Å². The van der Waals surface area contributed by atoms with E-state index < -0.39 is 30.7 Å². The van der Waals surface area contributed by atoms with Gasteiger partial charge in [-0.2, -0.15) is 4.98 Å². The van der Waals surface area contributed by atoms with E-state index in [1.807, 2.05) is 5.32 Å². The number of hydrogen-bond donors (Lipinski definition) is 6. The van der Waals surface area contributed by atoms with Crippen molar-refractivity contribution in [2.24, 2.45) is 5.73 Å². The van der Waals surface area contributed by atoms with E-state index in [1.165, 1.54) is 0 Å². The smallest absolute Gasteiger partial charge is 0.328 e. The molecule has 0 spiro atoms. The van der Waals surface area contributed by atoms with Crippen LogP contribution in [0.2, 0.25) is 0 Å². The van der Waals surface area contributed by atoms with Crippen LogP contribution in [0.15, 0.2) is 4.52 Å². The van der Waals surface area contributed by atoms with Crippen LogP contribution in [0.5, 0.6) is 0 Å². The van der Waals surface area contributed by atoms with Crippen LogP contribution < -0.4 is 16.4 Å². The highest BCUT2D eigenvalue weighted by molar-refractivity contribution is 5.82. The number of aliphatic hydroxyl groups excluding tert-OH is 2. The number of carboxylic acid groups (broad SMARTS) is 1. The van der Waals surface area contributed by atoms with Crippen LogP contribution in [0, 0.1) is 0 Å². The van der Waals surface area contributed by atoms with E-state index in [4.69, 9.17) is 25.6 Å². The van der Waals surface area contributed by atoms with Crippen molar-refractivity contribution in [1.82, 2.24) is 20.8 Å². The molecule has 20 heavy (non-hydrogen) atoms. The van der Waals surface area contributed by atoms with Crippen molar-refractivity contribution in [3.63, 3.8) is 0 Å². The number of nitrogens with zero attached hydrogens (tertiary/aromatic N) is 2. The number of aliphatic hydroxyl groups is 2. The summed E-state index contributed by atoms with van der Waals surface area (Å²) in [5.41, 5.74) is 5.45. The molecule has 1 aromatic heterocycles. The maximum Gasteiger partial charge on any atom is 0.328 e. The average Bonchev–Trinajstić information content (AvgIpc) is 2.90. The Bertz CT molecular complexity index is 463. The maximum atomic E-state index is 11.3. The number of aromatic nitrogens is 2. The molecule has 2 atom stereocenters. The summed E-state index contributed by atoms with van der Waals surface area (Å²) in [5.74, 6) is -1.24. The highest BCUT2D eigenvalue weighted by Crippen LogP contribution is 2.04. The predicted molar refractivity (Wildman–Crippen MR) is 62.2 cm³/mol. The minimum absolute atomic E-state index is 0.0370. The number of hydrogen-bond acceptors (Lipinski definition) is 8. The van der Waals surface area contributed by atoms with Crippen molar-refractivity contribution >= 4 is 12.0 Å². The standard InChI is InChI=1S/C9H15N5O6/c10-4(2-15)7-13-6(20-14-7)1-11-9(19)12-5(3-16)8(17)18/h4-5,15-16H,1-3,10H2,(H,17,18)(H2,11,12,19)/t4-,5-/m0/s1. The molecule has 11 heteroatoms. The first-order chi connectivity index (χ1) is 9.47. The van der Waals surface area contributed by atoms with Gasteiger partial charge in [0.15, 0.2) is 11.9 Å². The normalized spacial score (nSPS) is 13.6. The fourth-order valence-corrected chi connectivity index (χ4v) is 1.12. The van der Waals surface area contributed by atoms with Crippen molar-refractivity contribution in [3.05, 3.63) is 11.7 Å². The number of rotatable bonds is 7. The fraction of sp³-hybridized carbons (Fsp3) is 0.556. The third-order valence-electron chi connectivity index (χ3n) is 2.20. The van der Waals surface area contributed by atoms with Crippen LogP contribution in [0.4, 0.5) is 4.79 Å². The zero-order chi connectivity index (χ0) is 15.1. The SMILES string of the molecule is N[C@@H](CO)c1noc(CNC(=O)N[C@@H](CO)C(=O)O)n1. The first kappa shape index (κ1) is 15.8. The number of nitrogens with two attached hydrogens (primary N) is 1. The minimum Gasteiger partial charge on any atom is -0.480 e. The number of carboxylic acids is 1. The minimum atomic E-state index is -1.41. The van der Waals surface area contributed by atoms with Crippen molar-refractivity contribution in [1.29, 1.82) is 0 Å². The average molecular weight is 289 g/mol. The molecule has 1 heterocycles. The zero-order valence-electron chi connectivity index (χ0n) is 10.3. The molecule has 0 saturated heterocycles. The fourth-order valence-electron chi connectivity index (χ4n) is 1.12. The van der Waals surface area contributed by atoms with Gasteiger partial charge in [0.25, 0.3) is 0 Å². The number of urea groups is 1. The number of carbonyl (C=O) groups is 2. The second-order valence-electron chi connectivity index (χ2n) is 3.74. The Morgan fingerprint density at radius 2 is 2.05 bits per heavy atom. The second-order valence-corrected chi connectivity index (χ2v) is 3.74. The Labute approximate surface area is 112 Å². The van der Waals surface area contributed by atoms with Gasteiger partial charge in [0.05, 0.1) is 25.8 Å². The quantitative estimate of drug-likeness (QED) is 0.311. The van der Waals surface area contributed by atoms with Gasteiger partial charge in [0.2, 0.25) is 5.89 Å². The van der Waals surface area contributed by atoms with Gasteiger partial charge in [-0.25, -0.2) is 9.59 Å². The molecule has 0 fully saturated rings. The third kappa shape index (κ3) is 4.46. The molecule has 0 radical (unpaired) electrons. The Hall–Kier alpha value is -2.24. The van der Waals surface area contributed by atoms with E-state index in [-0.39, 0.29) is 24.9 Å². The molecular formula is C9H15N5O6. The van der Waals surface area contributed by atoms with E-state index in [2.05, 4.69) is 15.5 Å². The van der Waals surface area contributed by atoms with Crippen LogP contribution in [-0.4, -0.2) is 56.7 Å². The molecule has 0 saturated carbocycles. The van der Waals surface area contributed by atoms with Gasteiger partial charge in [-0.05, 0) is 0 Å². The van der Waals surface area contributed by atoms with Gasteiger partial charge in [-0.1, -0.05) is 5.16 Å². The number of carbonyl (C=O) groups excluding carboxylic acids is 1. The highest BCUT2D eigenvalue weighted by Gasteiger charge is 2.19. The Kier molecular flexibility index (Phi) is 5.83. The largest absolute Gasteiger partial charge is 0.480 e. The predicted octanol–water partition coefficient (Wildman–Crippen LogP) is -2.69. The molecular weight excluding hydrogens is 274 g/mol. The Morgan fingerprint density at radius 3 is 2.60 bits per heavy atom. The summed E-state index contributed by atoms with van der Waals surface area (Å²) in [6.45, 7) is -1.25. The number of nitrogens with one attached hydrogen (secondary N) is 2. The van der Waals surface area contributed by atoms with Gasteiger partial charge >= 0.3 is 12.0 Å². The molecule has 0 aromatic carbocycles. The summed E-state index contributed by atoms with van der Waals surface area (Å²) in [7, 11) is 0. The van der Waals surface area contributed by atoms with Crippen molar-refractivity contribution in [2.45, 2.75) is 18.6 Å². The van der Waals surface area contributed by atoms with E-state index in [0.717, 1.165) is 0 Å². The van der Waals surface area contributed by atoms with Crippen LogP contribution in [0.1, 0.15) is 17.8 Å². The zero-order valence-corrected chi connectivity index (χ0v) is 10.3. The highest BCUT2D eigenvalue weighted by atomic mass is 16.5. The monoisotopic (exact) mass is 289 g/mol. The van der Waals surface area contributed by atoms with E-state index in [1.54, 1.807) is 0 Å². The van der Waals surface area contributed by atoms with Gasteiger partial charge in [0, 0.05) is 0 Å². The summed E-state index contributed by atoms with van der Waals surface area (Å²) >= 11 is 0. The lowest BCUT2D eigenvalue weighted by Gasteiger charge is -2.11. The second kappa shape index (κ2) is 7.37. The van der Waals surface area contributed by atoms with Gasteiger partial charge in [0.1, 0.15) is 0 Å². The summed E-state index contributed by atoms with van der Waals surface area (Å²) < 4.78 is 4.76. The molecule has 2 amide bonds. The summed E-state index contributed by atoms with van der Waals surface area (Å²) in [4.78, 5) is 25.7. The summed E-state index contributed by atoms with van der Waals surface area (Å²) in [6.07, 6.45) is 0. The first-order valence-corrected chi connectivity index (χ1v) is 5.54. The van der Waals surface area contributed by atoms with Crippen molar-refractivity contribution in [2.75, 3.05) is 13.2 Å². The van der Waals surface area contributed by atoms with Gasteiger partial charge < -0.3 is 36.2 Å². The molecule has 1 aromatic rings. The van der Waals surface area contributed by atoms with Crippen molar-refractivity contribution in [3.8, 4) is 0 Å². The molecule has 0 aliphatic rings. The van der Waals surface area contributed by atoms with E-state index in [0.29, 0.717) is 0 Å². The lowest BCUT2D eigenvalue weighted by atomic mass is 10.3. The lowest BCUT2D eigenvalue weighted by molar-refractivity contribution is -0.140. The Balaban J connectivity index is 2.45. The van der Waals surface area contributed by atoms with Gasteiger partial charge in [-0.15, -0.1) is 0 Å². The third-order valence-corrected chi connectivity index (χ3v) is 2.20. The molecule has 11 nitrogen and oxygen atoms in total. The van der Waals surface area contributed by atoms with Gasteiger partial charge in [-0.3, -0.25) is 0 Å². The molecule has 0 aliphatic heterocycles. The molecule has 112 valence electrons. The first-order valence-electron chi connectivity index (χ1n) is 5.54. The number of aliphatic carboxylic acids is 1. The van der Waals surface area contributed by atoms with Crippen LogP contribution in [0.3, 0.4) is 0 Å². The topological polar surface area (TPSA) is 184 Å². The summed E-state index contributed by atoms with van der Waals surface area (Å²) in [5, 5.41) is 33.9. The maximum absolute atomic E-state index is 11.3. The molecule has 0 unspecified atom stereocenters. The van der Waals surface area contributed by atoms with Crippen molar-refractivity contribution < 1.29 is 29.4 Å². The molecule has 7 N–H and O–H groups in total. The molecule has 0 aliphatic carbocycles. The van der Waals surface area contributed by atoms with E-state index in [9.17, 15) is 9.59 Å². The Morgan fingerprint density at radius 1 is 1.35 bits per heavy atom. The van der Waals surface area contributed by atoms with E-state index >= 15 is 0 Å². The number of amides is 2. The lowest BCUT2D eigenvalue weighted by Crippen LogP contribution is -2.47. The molecule has 1 rings (SSSR count). The molecule has 0 bridgehead atoms. The van der Waals surface area contributed by atoms with Crippen LogP contribution in [-0.2, 0) is 11.3 Å². The van der Waals surface area contributed by atoms with Crippen LogP contribution >= 0.6 is 0 Å².